The van der Waals surface area contributed by atoms with E-state index < -0.39 is 5.63 Å². The maximum atomic E-state index is 13.4. The molecule has 2 aromatic heterocycles. The van der Waals surface area contributed by atoms with E-state index in [4.69, 9.17) is 4.42 Å². The highest BCUT2D eigenvalue weighted by atomic mass is 32.1. The third-order valence-electron chi connectivity index (χ3n) is 5.31. The van der Waals surface area contributed by atoms with Gasteiger partial charge in [0.2, 0.25) is 0 Å². The summed E-state index contributed by atoms with van der Waals surface area (Å²) in [7, 11) is 0. The first-order valence-corrected chi connectivity index (χ1v) is 11.1. The molecule has 5 heteroatoms. The maximum Gasteiger partial charge on any atom is 0.345 e. The van der Waals surface area contributed by atoms with Gasteiger partial charge < -0.3 is 9.32 Å². The summed E-state index contributed by atoms with van der Waals surface area (Å²) >= 11 is 1.36. The van der Waals surface area contributed by atoms with Crippen molar-refractivity contribution in [2.24, 2.45) is 0 Å². The van der Waals surface area contributed by atoms with Gasteiger partial charge >= 0.3 is 5.63 Å². The minimum atomic E-state index is -0.403. The summed E-state index contributed by atoms with van der Waals surface area (Å²) < 4.78 is 6.28. The Morgan fingerprint density at radius 2 is 1.80 bits per heavy atom. The molecule has 4 nitrogen and oxygen atoms in total. The lowest BCUT2D eigenvalue weighted by molar-refractivity contribution is 0.0991. The van der Waals surface area contributed by atoms with Gasteiger partial charge in [0, 0.05) is 17.6 Å². The molecule has 0 spiro atoms. The Morgan fingerprint density at radius 1 is 1.07 bits per heavy atom. The molecule has 2 heterocycles. The van der Waals surface area contributed by atoms with E-state index in [1.165, 1.54) is 16.9 Å². The third-order valence-corrected chi connectivity index (χ3v) is 6.47. The van der Waals surface area contributed by atoms with Crippen LogP contribution in [0.5, 0.6) is 0 Å². The van der Waals surface area contributed by atoms with Crippen LogP contribution in [0.15, 0.2) is 57.7 Å². The van der Waals surface area contributed by atoms with Crippen LogP contribution >= 0.6 is 11.3 Å². The Balaban J connectivity index is 1.80. The molecule has 0 fully saturated rings. The standard InChI is InChI=1S/C25H25NO3S/c1-5-12-26(18-9-7-17(8-10-18)15(2)3)24(27)22-14-20-23(30-22)19-13-16(4)6-11-21(19)29-25(20)28/h6-11,13-15H,5,12H2,1-4H3. The van der Waals surface area contributed by atoms with Gasteiger partial charge in [-0.1, -0.05) is 44.5 Å². The lowest BCUT2D eigenvalue weighted by atomic mass is 10.0. The number of hydrogen-bond donors (Lipinski definition) is 0. The van der Waals surface area contributed by atoms with Gasteiger partial charge in [-0.3, -0.25) is 4.79 Å². The van der Waals surface area contributed by atoms with Crippen molar-refractivity contribution in [2.75, 3.05) is 11.4 Å². The Labute approximate surface area is 179 Å². The molecule has 0 aliphatic carbocycles. The summed E-state index contributed by atoms with van der Waals surface area (Å²) in [4.78, 5) is 28.3. The van der Waals surface area contributed by atoms with Crippen LogP contribution in [0.25, 0.3) is 21.1 Å². The lowest BCUT2D eigenvalue weighted by Crippen LogP contribution is -2.31. The summed E-state index contributed by atoms with van der Waals surface area (Å²) in [6.45, 7) is 8.97. The van der Waals surface area contributed by atoms with E-state index in [1.807, 2.05) is 37.3 Å². The molecular weight excluding hydrogens is 394 g/mol. The molecule has 0 N–H and O–H groups in total. The van der Waals surface area contributed by atoms with Crippen LogP contribution in [0.1, 0.15) is 53.9 Å². The molecular formula is C25H25NO3S. The monoisotopic (exact) mass is 419 g/mol. The highest BCUT2D eigenvalue weighted by Gasteiger charge is 2.22. The summed E-state index contributed by atoms with van der Waals surface area (Å²) in [6.07, 6.45) is 0.840. The van der Waals surface area contributed by atoms with Gasteiger partial charge in [-0.05, 0) is 55.2 Å². The predicted molar refractivity (Wildman–Crippen MR) is 125 cm³/mol. The average molecular weight is 420 g/mol. The molecule has 154 valence electrons. The third kappa shape index (κ3) is 3.65. The van der Waals surface area contributed by atoms with E-state index in [9.17, 15) is 9.59 Å². The van der Waals surface area contributed by atoms with E-state index >= 15 is 0 Å². The molecule has 0 saturated heterocycles. The summed E-state index contributed by atoms with van der Waals surface area (Å²) in [5.41, 5.74) is 3.34. The van der Waals surface area contributed by atoms with Gasteiger partial charge in [0.05, 0.1) is 15.0 Å². The Kier molecular flexibility index (Phi) is 5.48. The van der Waals surface area contributed by atoms with Crippen LogP contribution in [0.2, 0.25) is 0 Å². The molecule has 0 atom stereocenters. The van der Waals surface area contributed by atoms with Crippen LogP contribution in [-0.4, -0.2) is 12.5 Å². The van der Waals surface area contributed by atoms with E-state index in [1.54, 1.807) is 11.0 Å². The van der Waals surface area contributed by atoms with Crippen molar-refractivity contribution in [3.05, 3.63) is 75.0 Å². The first-order chi connectivity index (χ1) is 14.4. The number of carbonyl (C=O) groups is 1. The maximum absolute atomic E-state index is 13.4. The molecule has 0 radical (unpaired) electrons. The largest absolute Gasteiger partial charge is 0.422 e. The highest BCUT2D eigenvalue weighted by Crippen LogP contribution is 2.32. The number of hydrogen-bond acceptors (Lipinski definition) is 4. The second-order valence-electron chi connectivity index (χ2n) is 7.95. The average Bonchev–Trinajstić information content (AvgIpc) is 3.19. The molecule has 30 heavy (non-hydrogen) atoms. The lowest BCUT2D eigenvalue weighted by Gasteiger charge is -2.22. The summed E-state index contributed by atoms with van der Waals surface area (Å²) in [6, 6.07) is 15.6. The molecule has 0 saturated carbocycles. The topological polar surface area (TPSA) is 50.5 Å². The van der Waals surface area contributed by atoms with Crippen LogP contribution in [0.3, 0.4) is 0 Å². The fourth-order valence-corrected chi connectivity index (χ4v) is 4.77. The Morgan fingerprint density at radius 3 is 2.47 bits per heavy atom. The highest BCUT2D eigenvalue weighted by molar-refractivity contribution is 7.21. The van der Waals surface area contributed by atoms with Crippen molar-refractivity contribution in [1.29, 1.82) is 0 Å². The molecule has 0 aliphatic heterocycles. The number of thiophene rings is 1. The number of anilines is 1. The van der Waals surface area contributed by atoms with E-state index in [2.05, 4.69) is 32.9 Å². The van der Waals surface area contributed by atoms with Gasteiger partial charge in [0.15, 0.2) is 0 Å². The number of benzene rings is 2. The van der Waals surface area contributed by atoms with Gasteiger partial charge in [0.25, 0.3) is 5.91 Å². The van der Waals surface area contributed by atoms with Gasteiger partial charge in [0.1, 0.15) is 5.58 Å². The van der Waals surface area contributed by atoms with Crippen LogP contribution in [-0.2, 0) is 0 Å². The Bertz CT molecular complexity index is 1280. The molecule has 4 rings (SSSR count). The molecule has 0 unspecified atom stereocenters. The fraction of sp³-hybridized carbons (Fsp3) is 0.280. The normalized spacial score (nSPS) is 11.5. The van der Waals surface area contributed by atoms with Crippen LogP contribution < -0.4 is 10.5 Å². The zero-order valence-corrected chi connectivity index (χ0v) is 18.5. The second-order valence-corrected chi connectivity index (χ2v) is 9.00. The second kappa shape index (κ2) is 8.07. The van der Waals surface area contributed by atoms with Crippen molar-refractivity contribution in [1.82, 2.24) is 0 Å². The summed E-state index contributed by atoms with van der Waals surface area (Å²) in [5, 5.41) is 1.34. The molecule has 0 aliphatic rings. The smallest absolute Gasteiger partial charge is 0.345 e. The zero-order valence-electron chi connectivity index (χ0n) is 17.7. The number of nitrogens with zero attached hydrogens (tertiary/aromatic N) is 1. The number of fused-ring (bicyclic) bond motifs is 3. The van der Waals surface area contributed by atoms with Crippen molar-refractivity contribution in [2.45, 2.75) is 40.0 Å². The Hall–Kier alpha value is -2.92. The number of rotatable bonds is 5. The van der Waals surface area contributed by atoms with Crippen molar-refractivity contribution >= 4 is 44.0 Å². The van der Waals surface area contributed by atoms with Crippen molar-refractivity contribution in [3.8, 4) is 0 Å². The number of aryl methyl sites for hydroxylation is 1. The number of amides is 1. The van der Waals surface area contributed by atoms with Crippen LogP contribution in [0, 0.1) is 6.92 Å². The minimum absolute atomic E-state index is 0.0875. The zero-order chi connectivity index (χ0) is 21.4. The van der Waals surface area contributed by atoms with Gasteiger partial charge in [-0.2, -0.15) is 0 Å². The summed E-state index contributed by atoms with van der Waals surface area (Å²) in [5.74, 6) is 0.350. The molecule has 2 aromatic carbocycles. The quantitative estimate of drug-likeness (QED) is 0.347. The van der Waals surface area contributed by atoms with E-state index in [0.717, 1.165) is 27.8 Å². The van der Waals surface area contributed by atoms with E-state index in [0.29, 0.717) is 28.3 Å². The first-order valence-electron chi connectivity index (χ1n) is 10.3. The van der Waals surface area contributed by atoms with Crippen molar-refractivity contribution in [3.63, 3.8) is 0 Å². The predicted octanol–water partition coefficient (Wildman–Crippen LogP) is 6.50. The molecule has 4 aromatic rings. The van der Waals surface area contributed by atoms with Crippen LogP contribution in [0.4, 0.5) is 5.69 Å². The van der Waals surface area contributed by atoms with Gasteiger partial charge in [-0.15, -0.1) is 11.3 Å². The minimum Gasteiger partial charge on any atom is -0.422 e. The van der Waals surface area contributed by atoms with Gasteiger partial charge in [-0.25, -0.2) is 4.79 Å². The van der Waals surface area contributed by atoms with E-state index in [-0.39, 0.29) is 5.91 Å². The van der Waals surface area contributed by atoms with Crippen molar-refractivity contribution < 1.29 is 9.21 Å². The fourth-order valence-electron chi connectivity index (χ4n) is 3.66. The molecule has 1 amide bonds. The SMILES string of the molecule is CCCN(C(=O)c1cc2c(=O)oc3ccc(C)cc3c2s1)c1ccc(C(C)C)cc1. The molecule has 0 bridgehead atoms. The number of carbonyl (C=O) groups excluding carboxylic acids is 1. The first kappa shape index (κ1) is 20.4.